The van der Waals surface area contributed by atoms with E-state index in [9.17, 15) is 9.90 Å². The first-order valence-corrected chi connectivity index (χ1v) is 6.19. The minimum Gasteiger partial charge on any atom is -0.481 e. The Bertz CT molecular complexity index is 347. The Hall–Kier alpha value is -0.990. The second kappa shape index (κ2) is 3.02. The van der Waals surface area contributed by atoms with Crippen molar-refractivity contribution in [3.8, 4) is 0 Å². The Morgan fingerprint density at radius 1 is 1.31 bits per heavy atom. The quantitative estimate of drug-likeness (QED) is 0.777. The van der Waals surface area contributed by atoms with E-state index in [2.05, 4.69) is 18.4 Å². The smallest absolute Gasteiger partial charge is 0.309 e. The first kappa shape index (κ1) is 10.2. The number of nitrogens with zero attached hydrogens (tertiary/aromatic N) is 1. The highest BCUT2D eigenvalue weighted by Crippen LogP contribution is 2.56. The standard InChI is InChI=1S/C13H19NO2/c1-8(2)14-10-3-9-4-11(14)7-13(5-9,6-10)12(15)16/h9-11H,1,3-7H2,2H3,(H,15,16). The van der Waals surface area contributed by atoms with Gasteiger partial charge in [-0.3, -0.25) is 4.79 Å². The molecule has 4 aliphatic rings. The van der Waals surface area contributed by atoms with Crippen LogP contribution in [-0.4, -0.2) is 28.1 Å². The van der Waals surface area contributed by atoms with Crippen LogP contribution in [0.2, 0.25) is 0 Å². The van der Waals surface area contributed by atoms with Crippen molar-refractivity contribution in [2.24, 2.45) is 11.3 Å². The molecule has 3 heteroatoms. The zero-order valence-electron chi connectivity index (χ0n) is 9.78. The number of piperidine rings is 2. The molecule has 4 fully saturated rings. The van der Waals surface area contributed by atoms with Crippen LogP contribution in [0.15, 0.2) is 12.3 Å². The summed E-state index contributed by atoms with van der Waals surface area (Å²) >= 11 is 0. The summed E-state index contributed by atoms with van der Waals surface area (Å²) in [6.07, 6.45) is 4.94. The van der Waals surface area contributed by atoms with Crippen LogP contribution < -0.4 is 0 Å². The number of carboxylic acid groups (broad SMARTS) is 1. The van der Waals surface area contributed by atoms with Crippen molar-refractivity contribution in [2.75, 3.05) is 0 Å². The molecule has 0 radical (unpaired) electrons. The molecule has 4 bridgehead atoms. The number of aliphatic carboxylic acids is 1. The Balaban J connectivity index is 1.95. The minimum atomic E-state index is -0.562. The molecule has 2 saturated heterocycles. The average molecular weight is 221 g/mol. The van der Waals surface area contributed by atoms with E-state index in [1.165, 1.54) is 12.8 Å². The molecule has 0 aromatic rings. The molecule has 2 saturated carbocycles. The number of carboxylic acids is 1. The molecule has 2 atom stereocenters. The second-order valence-electron chi connectivity index (χ2n) is 5.99. The van der Waals surface area contributed by atoms with E-state index in [0.29, 0.717) is 18.0 Å². The topological polar surface area (TPSA) is 40.5 Å². The van der Waals surface area contributed by atoms with E-state index in [1.807, 2.05) is 0 Å². The molecule has 0 amide bonds. The molecular formula is C13H19NO2. The SMILES string of the molecule is C=C(C)N1C2CC3CC1CC(C(=O)O)(C3)C2. The van der Waals surface area contributed by atoms with E-state index in [4.69, 9.17) is 0 Å². The molecule has 16 heavy (non-hydrogen) atoms. The zero-order chi connectivity index (χ0) is 11.5. The summed E-state index contributed by atoms with van der Waals surface area (Å²) in [5.74, 6) is 0.0810. The van der Waals surface area contributed by atoms with Gasteiger partial charge in [0, 0.05) is 17.8 Å². The van der Waals surface area contributed by atoms with Crippen LogP contribution in [-0.2, 0) is 4.79 Å². The fraction of sp³-hybridized carbons (Fsp3) is 0.769. The van der Waals surface area contributed by atoms with Crippen LogP contribution in [0.25, 0.3) is 0 Å². The summed E-state index contributed by atoms with van der Waals surface area (Å²) in [5, 5.41) is 9.46. The first-order chi connectivity index (χ1) is 7.52. The molecular weight excluding hydrogens is 202 g/mol. The van der Waals surface area contributed by atoms with Gasteiger partial charge in [0.05, 0.1) is 5.41 Å². The fourth-order valence-electron chi connectivity index (χ4n) is 4.51. The molecule has 0 aromatic heterocycles. The van der Waals surface area contributed by atoms with Gasteiger partial charge in [0.15, 0.2) is 0 Å². The number of hydrogen-bond donors (Lipinski definition) is 1. The molecule has 2 unspecified atom stereocenters. The molecule has 88 valence electrons. The molecule has 4 rings (SSSR count). The third-order valence-electron chi connectivity index (χ3n) is 4.82. The number of hydrogen-bond acceptors (Lipinski definition) is 2. The summed E-state index contributed by atoms with van der Waals surface area (Å²) in [5.41, 5.74) is 0.719. The molecule has 2 heterocycles. The molecule has 2 aliphatic heterocycles. The lowest BCUT2D eigenvalue weighted by molar-refractivity contribution is -0.169. The lowest BCUT2D eigenvalue weighted by Crippen LogP contribution is -2.62. The highest BCUT2D eigenvalue weighted by molar-refractivity contribution is 5.75. The van der Waals surface area contributed by atoms with Gasteiger partial charge in [-0.05, 0) is 44.9 Å². The molecule has 2 aliphatic carbocycles. The van der Waals surface area contributed by atoms with Crippen molar-refractivity contribution < 1.29 is 9.90 Å². The van der Waals surface area contributed by atoms with Crippen LogP contribution in [0, 0.1) is 11.3 Å². The number of rotatable bonds is 2. The van der Waals surface area contributed by atoms with Gasteiger partial charge in [0.1, 0.15) is 0 Å². The predicted molar refractivity (Wildman–Crippen MR) is 60.9 cm³/mol. The predicted octanol–water partition coefficient (Wildman–Crippen LogP) is 2.24. The highest BCUT2D eigenvalue weighted by atomic mass is 16.4. The lowest BCUT2D eigenvalue weighted by Gasteiger charge is -2.61. The maximum atomic E-state index is 11.5. The van der Waals surface area contributed by atoms with Gasteiger partial charge in [-0.25, -0.2) is 0 Å². The third-order valence-corrected chi connectivity index (χ3v) is 4.82. The van der Waals surface area contributed by atoms with Crippen LogP contribution in [0.1, 0.15) is 39.0 Å². The van der Waals surface area contributed by atoms with Crippen LogP contribution in [0.4, 0.5) is 0 Å². The minimum absolute atomic E-state index is 0.400. The normalized spacial score (nSPS) is 44.8. The second-order valence-corrected chi connectivity index (χ2v) is 5.99. The lowest BCUT2D eigenvalue weighted by atomic mass is 9.55. The van der Waals surface area contributed by atoms with Crippen molar-refractivity contribution in [1.82, 2.24) is 4.90 Å². The van der Waals surface area contributed by atoms with Gasteiger partial charge >= 0.3 is 5.97 Å². The summed E-state index contributed by atoms with van der Waals surface area (Å²) in [4.78, 5) is 13.9. The average Bonchev–Trinajstić information content (AvgIpc) is 2.14. The monoisotopic (exact) mass is 221 g/mol. The van der Waals surface area contributed by atoms with Gasteiger partial charge in [0.2, 0.25) is 0 Å². The van der Waals surface area contributed by atoms with Crippen molar-refractivity contribution in [2.45, 2.75) is 51.1 Å². The van der Waals surface area contributed by atoms with Crippen LogP contribution in [0.5, 0.6) is 0 Å². The van der Waals surface area contributed by atoms with E-state index < -0.39 is 11.4 Å². The van der Waals surface area contributed by atoms with Gasteiger partial charge in [-0.2, -0.15) is 0 Å². The van der Waals surface area contributed by atoms with Crippen molar-refractivity contribution in [1.29, 1.82) is 0 Å². The third kappa shape index (κ3) is 1.17. The highest BCUT2D eigenvalue weighted by Gasteiger charge is 2.57. The van der Waals surface area contributed by atoms with Crippen molar-refractivity contribution >= 4 is 5.97 Å². The Labute approximate surface area is 96.1 Å². The van der Waals surface area contributed by atoms with E-state index >= 15 is 0 Å². The Morgan fingerprint density at radius 3 is 2.31 bits per heavy atom. The molecule has 0 spiro atoms. The van der Waals surface area contributed by atoms with E-state index in [0.717, 1.165) is 25.0 Å². The maximum Gasteiger partial charge on any atom is 0.309 e. The summed E-state index contributed by atoms with van der Waals surface area (Å²) in [6, 6.07) is 0.889. The zero-order valence-corrected chi connectivity index (χ0v) is 9.78. The van der Waals surface area contributed by atoms with Gasteiger partial charge in [-0.15, -0.1) is 0 Å². The molecule has 3 nitrogen and oxygen atoms in total. The van der Waals surface area contributed by atoms with Gasteiger partial charge < -0.3 is 10.0 Å². The van der Waals surface area contributed by atoms with Gasteiger partial charge in [-0.1, -0.05) is 6.58 Å². The molecule has 1 N–H and O–H groups in total. The summed E-state index contributed by atoms with van der Waals surface area (Å²) < 4.78 is 0. The number of carbonyl (C=O) groups is 1. The Kier molecular flexibility index (Phi) is 1.92. The summed E-state index contributed by atoms with van der Waals surface area (Å²) in [7, 11) is 0. The van der Waals surface area contributed by atoms with Crippen LogP contribution in [0.3, 0.4) is 0 Å². The first-order valence-electron chi connectivity index (χ1n) is 6.19. The largest absolute Gasteiger partial charge is 0.481 e. The molecule has 0 aromatic carbocycles. The summed E-state index contributed by atoms with van der Waals surface area (Å²) in [6.45, 7) is 6.10. The van der Waals surface area contributed by atoms with Crippen LogP contribution >= 0.6 is 0 Å². The Morgan fingerprint density at radius 2 is 1.88 bits per heavy atom. The number of allylic oxidation sites excluding steroid dienone is 1. The fourth-order valence-corrected chi connectivity index (χ4v) is 4.51. The van der Waals surface area contributed by atoms with Crippen molar-refractivity contribution in [3.63, 3.8) is 0 Å². The van der Waals surface area contributed by atoms with E-state index in [-0.39, 0.29) is 0 Å². The maximum absolute atomic E-state index is 11.5. The van der Waals surface area contributed by atoms with Gasteiger partial charge in [0.25, 0.3) is 0 Å². The van der Waals surface area contributed by atoms with Crippen molar-refractivity contribution in [3.05, 3.63) is 12.3 Å². The van der Waals surface area contributed by atoms with E-state index in [1.54, 1.807) is 0 Å².